The van der Waals surface area contributed by atoms with Crippen molar-refractivity contribution >= 4 is 46.6 Å². The summed E-state index contributed by atoms with van der Waals surface area (Å²) in [6, 6.07) is 20.2. The van der Waals surface area contributed by atoms with Gasteiger partial charge in [0.15, 0.2) is 0 Å². The molecule has 0 radical (unpaired) electrons. The highest BCUT2D eigenvalue weighted by molar-refractivity contribution is 5.94. The highest BCUT2D eigenvalue weighted by atomic mass is 16.6. The predicted octanol–water partition coefficient (Wildman–Crippen LogP) is 6.62. The van der Waals surface area contributed by atoms with Gasteiger partial charge in [-0.15, -0.1) is 0 Å². The molecular weight excluding hydrogens is 708 g/mol. The highest BCUT2D eigenvalue weighted by Crippen LogP contribution is 2.54. The first kappa shape index (κ1) is 39.4. The molecule has 0 spiro atoms. The van der Waals surface area contributed by atoms with E-state index in [4.69, 9.17) is 18.9 Å². The van der Waals surface area contributed by atoms with Crippen molar-refractivity contribution in [3.8, 4) is 11.1 Å². The molecule has 3 aliphatic carbocycles. The van der Waals surface area contributed by atoms with Gasteiger partial charge in [0.2, 0.25) is 0 Å². The third-order valence-electron chi connectivity index (χ3n) is 11.6. The quantitative estimate of drug-likeness (QED) is 0.0908. The van der Waals surface area contributed by atoms with E-state index in [9.17, 15) is 39.0 Å². The second-order valence-electron chi connectivity index (χ2n) is 14.8. The first-order valence-corrected chi connectivity index (χ1v) is 19.3. The summed E-state index contributed by atoms with van der Waals surface area (Å²) in [7, 11) is 0. The first-order valence-electron chi connectivity index (χ1n) is 19.3. The van der Waals surface area contributed by atoms with E-state index in [2.05, 4.69) is 12.1 Å². The average molecular weight is 757 g/mol. The van der Waals surface area contributed by atoms with Gasteiger partial charge in [-0.25, -0.2) is 0 Å². The molecule has 4 unspecified atom stereocenters. The molecule has 6 rings (SSSR count). The first-order chi connectivity index (χ1) is 26.6. The van der Waals surface area contributed by atoms with Crippen LogP contribution >= 0.6 is 0 Å². The maximum atomic E-state index is 13.2. The van der Waals surface area contributed by atoms with E-state index in [-0.39, 0.29) is 39.3 Å². The Kier molecular flexibility index (Phi) is 12.8. The van der Waals surface area contributed by atoms with Gasteiger partial charge in [0, 0.05) is 18.3 Å². The monoisotopic (exact) mass is 756 g/mol. The van der Waals surface area contributed by atoms with Crippen molar-refractivity contribution in [1.29, 1.82) is 0 Å². The van der Waals surface area contributed by atoms with Crippen LogP contribution in [0.25, 0.3) is 21.9 Å². The van der Waals surface area contributed by atoms with Crippen LogP contribution in [0.5, 0.6) is 0 Å². The number of aliphatic carboxylic acids is 2. The minimum absolute atomic E-state index is 0.00175. The maximum absolute atomic E-state index is 13.2. The van der Waals surface area contributed by atoms with Gasteiger partial charge in [-0.1, -0.05) is 74.2 Å². The Morgan fingerprint density at radius 1 is 0.527 bits per heavy atom. The third kappa shape index (κ3) is 9.01. The zero-order valence-electron chi connectivity index (χ0n) is 30.9. The Bertz CT molecular complexity index is 1850. The summed E-state index contributed by atoms with van der Waals surface area (Å²) in [4.78, 5) is 75.0. The van der Waals surface area contributed by atoms with E-state index in [1.807, 2.05) is 48.5 Å². The van der Waals surface area contributed by atoms with Crippen LogP contribution < -0.4 is 0 Å². The van der Waals surface area contributed by atoms with Crippen LogP contribution in [0.1, 0.15) is 88.2 Å². The minimum Gasteiger partial charge on any atom is -0.481 e. The number of hydrogen-bond acceptors (Lipinski definition) is 10. The second kappa shape index (κ2) is 17.9. The SMILES string of the molecule is O=C(CCC1(CCC(=O)OCCOC(=O)C2CCCCC2C(=O)O)c2ccccc2-c2cc3ccccc3cc21)OCCOC(=O)C1CCCCC1C(=O)O. The van der Waals surface area contributed by atoms with Gasteiger partial charge in [-0.05, 0) is 83.7 Å². The Balaban J connectivity index is 1.10. The van der Waals surface area contributed by atoms with Crippen LogP contribution in [-0.2, 0) is 53.1 Å². The van der Waals surface area contributed by atoms with Crippen molar-refractivity contribution in [2.45, 2.75) is 82.5 Å². The lowest BCUT2D eigenvalue weighted by molar-refractivity contribution is -0.162. The largest absolute Gasteiger partial charge is 0.481 e. The molecule has 0 bridgehead atoms. The zero-order valence-corrected chi connectivity index (χ0v) is 30.9. The number of benzene rings is 3. The van der Waals surface area contributed by atoms with E-state index in [0.29, 0.717) is 38.5 Å². The fraction of sp³-hybridized carbons (Fsp3) is 0.488. The van der Waals surface area contributed by atoms with Crippen LogP contribution in [0, 0.1) is 23.7 Å². The summed E-state index contributed by atoms with van der Waals surface area (Å²) in [5.74, 6) is -7.18. The fourth-order valence-corrected chi connectivity index (χ4v) is 8.81. The fourth-order valence-electron chi connectivity index (χ4n) is 8.81. The molecule has 2 fully saturated rings. The minimum atomic E-state index is -1.01. The lowest BCUT2D eigenvalue weighted by Gasteiger charge is -2.32. The molecule has 2 saturated carbocycles. The Labute approximate surface area is 319 Å². The topological polar surface area (TPSA) is 180 Å². The molecule has 4 atom stereocenters. The molecule has 292 valence electrons. The summed E-state index contributed by atoms with van der Waals surface area (Å²) in [6.07, 6.45) is 5.40. The summed E-state index contributed by atoms with van der Waals surface area (Å²) < 4.78 is 21.6. The van der Waals surface area contributed by atoms with Gasteiger partial charge in [0.05, 0.1) is 23.7 Å². The average Bonchev–Trinajstić information content (AvgIpc) is 3.46. The molecule has 0 aromatic heterocycles. The molecule has 0 aliphatic heterocycles. The number of carboxylic acid groups (broad SMARTS) is 2. The second-order valence-corrected chi connectivity index (χ2v) is 14.8. The molecule has 3 aromatic carbocycles. The molecule has 0 saturated heterocycles. The number of fused-ring (bicyclic) bond motifs is 4. The molecule has 3 aliphatic rings. The van der Waals surface area contributed by atoms with Crippen LogP contribution in [-0.4, -0.2) is 72.5 Å². The summed E-state index contributed by atoms with van der Waals surface area (Å²) in [5, 5.41) is 21.1. The molecule has 0 amide bonds. The van der Waals surface area contributed by atoms with Crippen LogP contribution in [0.2, 0.25) is 0 Å². The number of carbonyl (C=O) groups excluding carboxylic acids is 4. The van der Waals surface area contributed by atoms with E-state index in [1.165, 1.54) is 0 Å². The van der Waals surface area contributed by atoms with Crippen molar-refractivity contribution < 1.29 is 57.9 Å². The lowest BCUT2D eigenvalue weighted by Crippen LogP contribution is -2.34. The smallest absolute Gasteiger partial charge is 0.309 e. The van der Waals surface area contributed by atoms with Gasteiger partial charge < -0.3 is 29.2 Å². The number of esters is 4. The number of carbonyl (C=O) groups is 6. The Morgan fingerprint density at radius 2 is 0.964 bits per heavy atom. The number of hydrogen-bond donors (Lipinski definition) is 2. The Hall–Kier alpha value is -5.26. The van der Waals surface area contributed by atoms with E-state index < -0.39 is 64.9 Å². The normalized spacial score (nSPS) is 22.8. The Morgan fingerprint density at radius 3 is 1.47 bits per heavy atom. The molecule has 2 N–H and O–H groups in total. The van der Waals surface area contributed by atoms with Gasteiger partial charge >= 0.3 is 35.8 Å². The molecule has 0 heterocycles. The third-order valence-corrected chi connectivity index (χ3v) is 11.6. The zero-order chi connectivity index (χ0) is 39.0. The van der Waals surface area contributed by atoms with Crippen LogP contribution in [0.4, 0.5) is 0 Å². The molecule has 3 aromatic rings. The maximum Gasteiger partial charge on any atom is 0.309 e. The van der Waals surface area contributed by atoms with E-state index >= 15 is 0 Å². The summed E-state index contributed by atoms with van der Waals surface area (Å²) in [5.41, 5.74) is 3.22. The van der Waals surface area contributed by atoms with Gasteiger partial charge in [0.25, 0.3) is 0 Å². The van der Waals surface area contributed by atoms with Gasteiger partial charge in [0.1, 0.15) is 26.4 Å². The van der Waals surface area contributed by atoms with Crippen molar-refractivity contribution in [3.63, 3.8) is 0 Å². The predicted molar refractivity (Wildman–Crippen MR) is 199 cm³/mol. The van der Waals surface area contributed by atoms with Crippen molar-refractivity contribution in [1.82, 2.24) is 0 Å². The van der Waals surface area contributed by atoms with Crippen molar-refractivity contribution in [2.75, 3.05) is 26.4 Å². The molecule has 12 heteroatoms. The lowest BCUT2D eigenvalue weighted by atomic mass is 9.71. The number of rotatable bonds is 16. The standard InChI is InChI=1S/C43H48O12/c44-37(52-21-23-54-41(50)32-14-5-3-12-30(32)39(46)47)17-19-43(20-18-38(45)53-22-24-55-42(51)33-15-6-4-13-31(33)40(48)49)35-16-8-7-11-29(35)34-25-27-9-1-2-10-28(27)26-36(34)43/h1-2,7-11,16,25-26,30-33H,3-6,12-15,17-24H2,(H,46,47)(H,48,49). The highest BCUT2D eigenvalue weighted by Gasteiger charge is 2.44. The van der Waals surface area contributed by atoms with E-state index in [1.54, 1.807) is 0 Å². The number of ether oxygens (including phenoxy) is 4. The number of carboxylic acids is 2. The molecular formula is C43H48O12. The van der Waals surface area contributed by atoms with Crippen molar-refractivity contribution in [3.05, 3.63) is 71.8 Å². The van der Waals surface area contributed by atoms with Crippen molar-refractivity contribution in [2.24, 2.45) is 23.7 Å². The van der Waals surface area contributed by atoms with Gasteiger partial charge in [-0.3, -0.25) is 28.8 Å². The molecule has 12 nitrogen and oxygen atoms in total. The summed E-state index contributed by atoms with van der Waals surface area (Å²) >= 11 is 0. The van der Waals surface area contributed by atoms with Gasteiger partial charge in [-0.2, -0.15) is 0 Å². The van der Waals surface area contributed by atoms with E-state index in [0.717, 1.165) is 58.7 Å². The van der Waals surface area contributed by atoms with Crippen LogP contribution in [0.15, 0.2) is 60.7 Å². The van der Waals surface area contributed by atoms with Crippen LogP contribution in [0.3, 0.4) is 0 Å². The summed E-state index contributed by atoms with van der Waals surface area (Å²) in [6.45, 7) is -0.709. The molecule has 55 heavy (non-hydrogen) atoms.